The molecule has 2 atom stereocenters. The molecule has 1 N–H and O–H groups in total. The van der Waals surface area contributed by atoms with Crippen LogP contribution in [0.5, 0.6) is 0 Å². The quantitative estimate of drug-likeness (QED) is 0.599. The van der Waals surface area contributed by atoms with E-state index in [1.54, 1.807) is 17.7 Å². The minimum absolute atomic E-state index is 0.0248. The zero-order chi connectivity index (χ0) is 24.1. The Morgan fingerprint density at radius 2 is 2.17 bits per heavy atom. The molecule has 3 aliphatic rings. The van der Waals surface area contributed by atoms with Crippen LogP contribution in [0.25, 0.3) is 10.2 Å². The zero-order valence-electron chi connectivity index (χ0n) is 20.4. The van der Waals surface area contributed by atoms with Gasteiger partial charge in [-0.15, -0.1) is 11.3 Å². The van der Waals surface area contributed by atoms with Gasteiger partial charge in [0.2, 0.25) is 5.91 Å². The number of carbonyl (C=O) groups is 1. The third-order valence-electron chi connectivity index (χ3n) is 7.33. The van der Waals surface area contributed by atoms with Gasteiger partial charge in [0.05, 0.1) is 42.6 Å². The van der Waals surface area contributed by atoms with Crippen LogP contribution in [0.3, 0.4) is 0 Å². The Morgan fingerprint density at radius 1 is 1.29 bits per heavy atom. The van der Waals surface area contributed by atoms with Crippen LogP contribution < -0.4 is 10.2 Å². The summed E-state index contributed by atoms with van der Waals surface area (Å²) in [4.78, 5) is 33.4. The molecule has 0 saturated carbocycles. The second-order valence-electron chi connectivity index (χ2n) is 9.86. The van der Waals surface area contributed by atoms with E-state index in [0.29, 0.717) is 19.8 Å². The highest BCUT2D eigenvalue weighted by Crippen LogP contribution is 2.42. The molecule has 9 heteroatoms. The average molecular weight is 491 g/mol. The van der Waals surface area contributed by atoms with Crippen molar-refractivity contribution in [2.75, 3.05) is 44.1 Å². The summed E-state index contributed by atoms with van der Waals surface area (Å²) in [5, 5.41) is 4.71. The van der Waals surface area contributed by atoms with Gasteiger partial charge in [-0.2, -0.15) is 0 Å². The summed E-state index contributed by atoms with van der Waals surface area (Å²) < 4.78 is 5.53. The number of ether oxygens (including phenoxy) is 1. The predicted molar refractivity (Wildman–Crippen MR) is 140 cm³/mol. The number of amides is 1. The van der Waals surface area contributed by atoms with Crippen molar-refractivity contribution in [2.45, 2.75) is 38.8 Å². The first-order valence-electron chi connectivity index (χ1n) is 12.2. The number of anilines is 3. The van der Waals surface area contributed by atoms with Gasteiger partial charge in [-0.05, 0) is 55.0 Å². The van der Waals surface area contributed by atoms with Crippen molar-refractivity contribution in [3.63, 3.8) is 0 Å². The first-order valence-corrected chi connectivity index (χ1v) is 13.1. The lowest BCUT2D eigenvalue weighted by atomic mass is 9.86. The molecule has 182 valence electrons. The standard InChI is InChI=1S/C26H30N6O2S/c1-15-13-34-7-6-32(15)26(33)16-4-5-19-22(10-16)35-25-23(19)24(28-14-29-25)30-20-8-17-11-27-12-18(17)9-21(20)31(2)3/h8-9,11,14-16H,4-7,10,12-13H2,1-3H3,(H,28,29,30)/t15-,16+/m1/s1. The van der Waals surface area contributed by atoms with E-state index in [4.69, 9.17) is 4.74 Å². The number of benzene rings is 1. The Morgan fingerprint density at radius 3 is 3.00 bits per heavy atom. The number of fused-ring (bicyclic) bond motifs is 4. The molecule has 3 aromatic rings. The highest BCUT2D eigenvalue weighted by molar-refractivity contribution is 7.19. The van der Waals surface area contributed by atoms with Gasteiger partial charge in [-0.3, -0.25) is 9.79 Å². The van der Waals surface area contributed by atoms with E-state index in [2.05, 4.69) is 58.3 Å². The fourth-order valence-corrected chi connectivity index (χ4v) is 6.72. The highest BCUT2D eigenvalue weighted by Gasteiger charge is 2.34. The number of hydrogen-bond donors (Lipinski definition) is 1. The Hall–Kier alpha value is -3.04. The molecule has 0 unspecified atom stereocenters. The Balaban J connectivity index is 1.32. The summed E-state index contributed by atoms with van der Waals surface area (Å²) in [5.41, 5.74) is 5.80. The van der Waals surface area contributed by atoms with Gasteiger partial charge in [0.25, 0.3) is 0 Å². The van der Waals surface area contributed by atoms with Crippen molar-refractivity contribution in [1.29, 1.82) is 0 Å². The Kier molecular flexibility index (Phi) is 5.69. The normalized spacial score (nSPS) is 21.2. The minimum atomic E-state index is 0.0248. The maximum absolute atomic E-state index is 13.3. The molecule has 0 bridgehead atoms. The molecule has 1 aromatic carbocycles. The molecule has 2 aliphatic heterocycles. The Labute approximate surface area is 209 Å². The van der Waals surface area contributed by atoms with Crippen LogP contribution in [0.4, 0.5) is 17.2 Å². The average Bonchev–Trinajstić information content (AvgIpc) is 3.47. The second-order valence-corrected chi connectivity index (χ2v) is 10.9. The topological polar surface area (TPSA) is 82.9 Å². The summed E-state index contributed by atoms with van der Waals surface area (Å²) in [7, 11) is 4.11. The number of rotatable bonds is 4. The van der Waals surface area contributed by atoms with Gasteiger partial charge in [-0.1, -0.05) is 0 Å². The van der Waals surface area contributed by atoms with E-state index < -0.39 is 0 Å². The number of morpholine rings is 1. The zero-order valence-corrected chi connectivity index (χ0v) is 21.2. The van der Waals surface area contributed by atoms with Crippen LogP contribution in [0.15, 0.2) is 23.5 Å². The number of aliphatic imine (C=N–C) groups is 1. The predicted octanol–water partition coefficient (Wildman–Crippen LogP) is 3.79. The van der Waals surface area contributed by atoms with Crippen LogP contribution in [-0.4, -0.2) is 66.9 Å². The summed E-state index contributed by atoms with van der Waals surface area (Å²) in [6.45, 7) is 4.75. The van der Waals surface area contributed by atoms with Crippen LogP contribution in [0.1, 0.15) is 34.9 Å². The lowest BCUT2D eigenvalue weighted by Gasteiger charge is -2.36. The summed E-state index contributed by atoms with van der Waals surface area (Å²) in [6.07, 6.45) is 6.07. The minimum Gasteiger partial charge on any atom is -0.377 e. The van der Waals surface area contributed by atoms with E-state index in [1.165, 1.54) is 16.0 Å². The first kappa shape index (κ1) is 22.4. The van der Waals surface area contributed by atoms with Crippen LogP contribution in [0, 0.1) is 5.92 Å². The monoisotopic (exact) mass is 490 g/mol. The smallest absolute Gasteiger partial charge is 0.226 e. The fraction of sp³-hybridized carbons (Fsp3) is 0.462. The van der Waals surface area contributed by atoms with Crippen molar-refractivity contribution < 1.29 is 9.53 Å². The molecule has 1 aliphatic carbocycles. The molecule has 0 spiro atoms. The molecule has 4 heterocycles. The molecule has 2 aromatic heterocycles. The van der Waals surface area contributed by atoms with Gasteiger partial charge >= 0.3 is 0 Å². The second kappa shape index (κ2) is 8.87. The molecule has 1 fully saturated rings. The maximum atomic E-state index is 13.3. The Bertz CT molecular complexity index is 1330. The van der Waals surface area contributed by atoms with Gasteiger partial charge in [-0.25, -0.2) is 9.97 Å². The van der Waals surface area contributed by atoms with Gasteiger partial charge in [0, 0.05) is 37.6 Å². The van der Waals surface area contributed by atoms with Crippen molar-refractivity contribution in [3.05, 3.63) is 40.0 Å². The fourth-order valence-electron chi connectivity index (χ4n) is 5.45. The van der Waals surface area contributed by atoms with E-state index in [-0.39, 0.29) is 17.9 Å². The van der Waals surface area contributed by atoms with Gasteiger partial charge in [0.1, 0.15) is 17.0 Å². The number of nitrogens with one attached hydrogen (secondary N) is 1. The largest absolute Gasteiger partial charge is 0.377 e. The molecule has 1 amide bonds. The van der Waals surface area contributed by atoms with Crippen molar-refractivity contribution in [3.8, 4) is 0 Å². The highest BCUT2D eigenvalue weighted by atomic mass is 32.1. The van der Waals surface area contributed by atoms with Crippen molar-refractivity contribution in [1.82, 2.24) is 14.9 Å². The first-order chi connectivity index (χ1) is 17.0. The van der Waals surface area contributed by atoms with E-state index in [9.17, 15) is 4.79 Å². The third kappa shape index (κ3) is 3.96. The lowest BCUT2D eigenvalue weighted by Crippen LogP contribution is -2.50. The number of hydrogen-bond acceptors (Lipinski definition) is 8. The molecular formula is C26H30N6O2S. The summed E-state index contributed by atoms with van der Waals surface area (Å²) >= 11 is 1.71. The van der Waals surface area contributed by atoms with Crippen LogP contribution in [-0.2, 0) is 28.9 Å². The van der Waals surface area contributed by atoms with Gasteiger partial charge < -0.3 is 19.9 Å². The van der Waals surface area contributed by atoms with E-state index in [0.717, 1.165) is 58.8 Å². The number of carbonyl (C=O) groups excluding carboxylic acids is 1. The molecule has 8 nitrogen and oxygen atoms in total. The van der Waals surface area contributed by atoms with E-state index >= 15 is 0 Å². The number of thiophene rings is 1. The molecule has 6 rings (SSSR count). The maximum Gasteiger partial charge on any atom is 0.226 e. The van der Waals surface area contributed by atoms with Crippen molar-refractivity contribution >= 4 is 50.9 Å². The number of nitrogens with zero attached hydrogens (tertiary/aromatic N) is 5. The molecular weight excluding hydrogens is 460 g/mol. The summed E-state index contributed by atoms with van der Waals surface area (Å²) in [6, 6.07) is 4.51. The molecule has 35 heavy (non-hydrogen) atoms. The SMILES string of the molecule is C[C@@H]1COCCN1C(=O)[C@H]1CCc2c(sc3ncnc(Nc4cc5c(cc4N(C)C)CN=C5)c23)C1. The molecule has 0 radical (unpaired) electrons. The van der Waals surface area contributed by atoms with Crippen LogP contribution >= 0.6 is 11.3 Å². The lowest BCUT2D eigenvalue weighted by molar-refractivity contribution is -0.143. The van der Waals surface area contributed by atoms with E-state index in [1.807, 2.05) is 11.1 Å². The summed E-state index contributed by atoms with van der Waals surface area (Å²) in [5.74, 6) is 1.12. The van der Waals surface area contributed by atoms with Crippen molar-refractivity contribution in [2.24, 2.45) is 10.9 Å². The molecule has 1 saturated heterocycles. The third-order valence-corrected chi connectivity index (χ3v) is 8.49. The van der Waals surface area contributed by atoms with Crippen LogP contribution in [0.2, 0.25) is 0 Å². The van der Waals surface area contributed by atoms with Gasteiger partial charge in [0.15, 0.2) is 0 Å². The number of aromatic nitrogens is 2. The number of aryl methyl sites for hydroxylation is 1.